The maximum absolute atomic E-state index is 12.8. The number of methoxy groups -OCH3 is 1. The van der Waals surface area contributed by atoms with E-state index in [1.165, 1.54) is 12.8 Å². The number of fused-ring (bicyclic) bond motifs is 1. The number of hydrogen-bond acceptors (Lipinski definition) is 7. The molecule has 1 aliphatic carbocycles. The maximum atomic E-state index is 12.8. The summed E-state index contributed by atoms with van der Waals surface area (Å²) in [5.74, 6) is 1.36. The minimum Gasteiger partial charge on any atom is -0.494 e. The molecule has 0 aliphatic heterocycles. The Balaban J connectivity index is 1.49. The topological polar surface area (TPSA) is 114 Å². The molecule has 0 atom stereocenters. The lowest BCUT2D eigenvalue weighted by molar-refractivity contribution is 0.419. The quantitative estimate of drug-likeness (QED) is 0.524. The number of para-hydroxylation sites is 1. The van der Waals surface area contributed by atoms with E-state index in [1.807, 2.05) is 36.5 Å². The Hall–Kier alpha value is -3.75. The van der Waals surface area contributed by atoms with Gasteiger partial charge in [0.05, 0.1) is 19.9 Å². The molecule has 0 bridgehead atoms. The van der Waals surface area contributed by atoms with Gasteiger partial charge in [0.15, 0.2) is 0 Å². The monoisotopic (exact) mass is 403 g/mol. The molecule has 4 aromatic rings. The fourth-order valence-electron chi connectivity index (χ4n) is 3.59. The lowest BCUT2D eigenvalue weighted by atomic mass is 10.1. The Morgan fingerprint density at radius 1 is 1.20 bits per heavy atom. The summed E-state index contributed by atoms with van der Waals surface area (Å²) in [6, 6.07) is 9.30. The van der Waals surface area contributed by atoms with E-state index in [-0.39, 0.29) is 11.5 Å². The van der Waals surface area contributed by atoms with Crippen LogP contribution >= 0.6 is 0 Å². The van der Waals surface area contributed by atoms with Crippen LogP contribution in [0.4, 0.5) is 5.95 Å². The number of hydrogen-bond donors (Lipinski definition) is 1. The first-order valence-electron chi connectivity index (χ1n) is 9.81. The van der Waals surface area contributed by atoms with Crippen molar-refractivity contribution in [3.63, 3.8) is 0 Å². The van der Waals surface area contributed by atoms with Gasteiger partial charge in [-0.1, -0.05) is 23.4 Å². The van der Waals surface area contributed by atoms with Crippen LogP contribution in [0.15, 0.2) is 47.5 Å². The second kappa shape index (κ2) is 7.25. The third kappa shape index (κ3) is 3.38. The number of aromatic nitrogens is 6. The van der Waals surface area contributed by atoms with Crippen molar-refractivity contribution in [2.24, 2.45) is 5.92 Å². The summed E-state index contributed by atoms with van der Waals surface area (Å²) < 4.78 is 8.81. The van der Waals surface area contributed by atoms with Crippen molar-refractivity contribution in [1.29, 1.82) is 0 Å². The van der Waals surface area contributed by atoms with E-state index in [0.29, 0.717) is 40.7 Å². The zero-order chi connectivity index (χ0) is 20.7. The minimum atomic E-state index is 0.0166. The number of ether oxygens (including phenoxy) is 1. The van der Waals surface area contributed by atoms with Crippen molar-refractivity contribution in [1.82, 2.24) is 29.5 Å². The molecular weight excluding hydrogens is 382 g/mol. The highest BCUT2D eigenvalue weighted by Gasteiger charge is 2.22. The van der Waals surface area contributed by atoms with Crippen LogP contribution in [-0.4, -0.2) is 36.6 Å². The first-order valence-corrected chi connectivity index (χ1v) is 9.81. The fourth-order valence-corrected chi connectivity index (χ4v) is 3.59. The Kier molecular flexibility index (Phi) is 4.42. The van der Waals surface area contributed by atoms with Crippen molar-refractivity contribution >= 4 is 16.9 Å². The molecule has 0 unspecified atom stereocenters. The molecule has 5 rings (SSSR count). The van der Waals surface area contributed by atoms with Gasteiger partial charge < -0.3 is 15.0 Å². The van der Waals surface area contributed by atoms with Gasteiger partial charge in [0.25, 0.3) is 5.56 Å². The van der Waals surface area contributed by atoms with Crippen molar-refractivity contribution in [2.75, 3.05) is 12.8 Å². The molecule has 0 amide bonds. The van der Waals surface area contributed by atoms with Crippen LogP contribution in [0.25, 0.3) is 22.3 Å². The van der Waals surface area contributed by atoms with E-state index in [9.17, 15) is 4.79 Å². The minimum absolute atomic E-state index is 0.0166. The molecule has 0 spiro atoms. The standard InChI is InChI=1S/C21H21N7O2/c1-30-17-6-2-5-15-18(23-21(22)24-19(15)17)16-12-28(26-25-16)11-14-4-3-9-27(20(14)29)10-13-7-8-13/h2-6,9,12-13H,7-8,10-11H2,1H3,(H2,22,23,24). The fraction of sp³-hybridized carbons (Fsp3) is 0.286. The van der Waals surface area contributed by atoms with Crippen LogP contribution in [0.1, 0.15) is 18.4 Å². The summed E-state index contributed by atoms with van der Waals surface area (Å²) in [5.41, 5.74) is 8.34. The molecule has 9 heteroatoms. The van der Waals surface area contributed by atoms with Crippen molar-refractivity contribution in [2.45, 2.75) is 25.9 Å². The van der Waals surface area contributed by atoms with Crippen molar-refractivity contribution < 1.29 is 4.74 Å². The summed E-state index contributed by atoms with van der Waals surface area (Å²) in [4.78, 5) is 21.4. The number of nitrogens with two attached hydrogens (primary N) is 1. The number of nitrogens with zero attached hydrogens (tertiary/aromatic N) is 6. The first-order chi connectivity index (χ1) is 14.6. The highest BCUT2D eigenvalue weighted by Crippen LogP contribution is 2.31. The van der Waals surface area contributed by atoms with Gasteiger partial charge in [-0.25, -0.2) is 14.6 Å². The number of nitrogen functional groups attached to an aromatic ring is 1. The van der Waals surface area contributed by atoms with E-state index in [0.717, 1.165) is 11.9 Å². The van der Waals surface area contributed by atoms with Crippen molar-refractivity contribution in [3.8, 4) is 17.1 Å². The molecule has 30 heavy (non-hydrogen) atoms. The zero-order valence-electron chi connectivity index (χ0n) is 16.5. The van der Waals surface area contributed by atoms with Gasteiger partial charge in [-0.3, -0.25) is 4.79 Å². The molecule has 1 aromatic carbocycles. The largest absolute Gasteiger partial charge is 0.494 e. The van der Waals surface area contributed by atoms with Gasteiger partial charge in [0, 0.05) is 23.7 Å². The highest BCUT2D eigenvalue weighted by atomic mass is 16.5. The zero-order valence-corrected chi connectivity index (χ0v) is 16.5. The predicted octanol–water partition coefficient (Wildman–Crippen LogP) is 2.10. The molecular formula is C21H21N7O2. The van der Waals surface area contributed by atoms with Gasteiger partial charge >= 0.3 is 0 Å². The summed E-state index contributed by atoms with van der Waals surface area (Å²) in [7, 11) is 1.58. The maximum Gasteiger partial charge on any atom is 0.255 e. The summed E-state index contributed by atoms with van der Waals surface area (Å²) in [6.07, 6.45) is 6.01. The lowest BCUT2D eigenvalue weighted by Gasteiger charge is -2.08. The lowest BCUT2D eigenvalue weighted by Crippen LogP contribution is -2.25. The molecule has 0 radical (unpaired) electrons. The van der Waals surface area contributed by atoms with E-state index in [4.69, 9.17) is 10.5 Å². The smallest absolute Gasteiger partial charge is 0.255 e. The normalized spacial score (nSPS) is 13.6. The molecule has 1 aliphatic rings. The van der Waals surface area contributed by atoms with E-state index >= 15 is 0 Å². The van der Waals surface area contributed by atoms with Crippen molar-refractivity contribution in [3.05, 3.63) is 58.6 Å². The number of pyridine rings is 1. The molecule has 152 valence electrons. The van der Waals surface area contributed by atoms with E-state index in [2.05, 4.69) is 20.3 Å². The van der Waals surface area contributed by atoms with Gasteiger partial charge in [-0.15, -0.1) is 5.10 Å². The average molecular weight is 403 g/mol. The third-order valence-electron chi connectivity index (χ3n) is 5.29. The van der Waals surface area contributed by atoms with Gasteiger partial charge in [0.1, 0.15) is 22.7 Å². The Morgan fingerprint density at radius 2 is 2.07 bits per heavy atom. The molecule has 3 aromatic heterocycles. The number of benzene rings is 1. The second-order valence-corrected chi connectivity index (χ2v) is 7.52. The van der Waals surface area contributed by atoms with Gasteiger partial charge in [0.2, 0.25) is 5.95 Å². The first kappa shape index (κ1) is 18.3. The van der Waals surface area contributed by atoms with Gasteiger partial charge in [-0.05, 0) is 30.9 Å². The third-order valence-corrected chi connectivity index (χ3v) is 5.29. The van der Waals surface area contributed by atoms with Crippen LogP contribution in [0.5, 0.6) is 5.75 Å². The number of anilines is 1. The molecule has 0 saturated heterocycles. The summed E-state index contributed by atoms with van der Waals surface area (Å²) in [6.45, 7) is 1.11. The Bertz CT molecular complexity index is 1290. The molecule has 3 heterocycles. The molecule has 1 fully saturated rings. The van der Waals surface area contributed by atoms with Gasteiger partial charge in [-0.2, -0.15) is 0 Å². The second-order valence-electron chi connectivity index (χ2n) is 7.52. The Morgan fingerprint density at radius 3 is 2.87 bits per heavy atom. The molecule has 2 N–H and O–H groups in total. The summed E-state index contributed by atoms with van der Waals surface area (Å²) in [5, 5.41) is 9.22. The molecule has 1 saturated carbocycles. The average Bonchev–Trinajstić information content (AvgIpc) is 3.45. The van der Waals surface area contributed by atoms with E-state index in [1.54, 1.807) is 22.6 Å². The highest BCUT2D eigenvalue weighted by molar-refractivity contribution is 5.95. The van der Waals surface area contributed by atoms with Crippen LogP contribution in [0, 0.1) is 5.92 Å². The van der Waals surface area contributed by atoms with Crippen LogP contribution in [-0.2, 0) is 13.1 Å². The van der Waals surface area contributed by atoms with Crippen LogP contribution in [0.3, 0.4) is 0 Å². The Labute approximate surface area is 172 Å². The predicted molar refractivity (Wildman–Crippen MR) is 112 cm³/mol. The van der Waals surface area contributed by atoms with Crippen LogP contribution in [0.2, 0.25) is 0 Å². The van der Waals surface area contributed by atoms with E-state index < -0.39 is 0 Å². The summed E-state index contributed by atoms with van der Waals surface area (Å²) >= 11 is 0. The number of rotatable bonds is 6. The van der Waals surface area contributed by atoms with Crippen LogP contribution < -0.4 is 16.0 Å². The molecule has 9 nitrogen and oxygen atoms in total. The SMILES string of the molecule is COc1cccc2c(-c3cn(Cc4cccn(CC5CC5)c4=O)nn3)nc(N)nc12.